The largest absolute Gasteiger partial charge is 0.472 e. The molecule has 96 valence electrons. The highest BCUT2D eigenvalue weighted by molar-refractivity contribution is 7.47. The first-order valence-electron chi connectivity index (χ1n) is 5.33. The average molecular weight is 279 g/mol. The quantitative estimate of drug-likeness (QED) is 0.615. The minimum Gasteiger partial charge on any atom is -0.302 e. The Hall–Kier alpha value is -0.380. The number of hydrogen-bond acceptors (Lipinski definition) is 3. The van der Waals surface area contributed by atoms with Gasteiger partial charge in [0, 0.05) is 0 Å². The minimum atomic E-state index is -3.94. The van der Waals surface area contributed by atoms with Crippen molar-refractivity contribution in [2.45, 2.75) is 18.7 Å². The summed E-state index contributed by atoms with van der Waals surface area (Å²) in [4.78, 5) is 9.18. The lowest BCUT2D eigenvalue weighted by atomic mass is 10.1. The predicted molar refractivity (Wildman–Crippen MR) is 67.2 cm³/mol. The van der Waals surface area contributed by atoms with Gasteiger partial charge in [-0.15, -0.1) is 11.6 Å². The summed E-state index contributed by atoms with van der Waals surface area (Å²) in [6.45, 7) is 1.72. The van der Waals surface area contributed by atoms with Gasteiger partial charge >= 0.3 is 7.82 Å². The zero-order valence-corrected chi connectivity index (χ0v) is 11.2. The molecule has 0 saturated heterocycles. The molecule has 6 heteroatoms. The highest BCUT2D eigenvalue weighted by atomic mass is 35.5. The van der Waals surface area contributed by atoms with E-state index in [1.807, 2.05) is 30.3 Å². The van der Waals surface area contributed by atoms with Crippen LogP contribution in [-0.4, -0.2) is 23.5 Å². The Morgan fingerprint density at radius 2 is 2.00 bits per heavy atom. The van der Waals surface area contributed by atoms with Crippen molar-refractivity contribution in [1.29, 1.82) is 0 Å². The van der Waals surface area contributed by atoms with E-state index in [9.17, 15) is 9.46 Å². The lowest BCUT2D eigenvalue weighted by Crippen LogP contribution is -2.12. The van der Waals surface area contributed by atoms with E-state index in [-0.39, 0.29) is 18.6 Å². The average Bonchev–Trinajstić information content (AvgIpc) is 2.28. The third kappa shape index (κ3) is 6.20. The van der Waals surface area contributed by atoms with E-state index in [4.69, 9.17) is 16.1 Å². The molecule has 2 unspecified atom stereocenters. The molecule has 1 N–H and O–H groups in total. The lowest BCUT2D eigenvalue weighted by molar-refractivity contribution is 0.155. The van der Waals surface area contributed by atoms with Crippen molar-refractivity contribution in [1.82, 2.24) is 0 Å². The van der Waals surface area contributed by atoms with Gasteiger partial charge in [0.25, 0.3) is 0 Å². The van der Waals surface area contributed by atoms with E-state index in [1.54, 1.807) is 6.92 Å². The molecule has 0 saturated carbocycles. The maximum absolute atomic E-state index is 11.2. The molecule has 0 aliphatic rings. The molecule has 0 bridgehead atoms. The molecule has 1 aromatic carbocycles. The minimum absolute atomic E-state index is 0.0236. The maximum atomic E-state index is 11.2. The van der Waals surface area contributed by atoms with E-state index in [1.165, 1.54) is 0 Å². The molecular weight excluding hydrogens is 263 g/mol. The van der Waals surface area contributed by atoms with E-state index >= 15 is 0 Å². The fourth-order valence-corrected chi connectivity index (χ4v) is 2.40. The van der Waals surface area contributed by atoms with Crippen molar-refractivity contribution in [2.24, 2.45) is 0 Å². The van der Waals surface area contributed by atoms with Crippen molar-refractivity contribution in [3.63, 3.8) is 0 Å². The molecule has 4 nitrogen and oxygen atoms in total. The van der Waals surface area contributed by atoms with Crippen LogP contribution < -0.4 is 0 Å². The highest BCUT2D eigenvalue weighted by Crippen LogP contribution is 2.43. The predicted octanol–water partition coefficient (Wildman–Crippen LogP) is 2.99. The summed E-state index contributed by atoms with van der Waals surface area (Å²) in [5.74, 6) is 0. The van der Waals surface area contributed by atoms with Crippen LogP contribution in [0.25, 0.3) is 0 Å². The second-order valence-electron chi connectivity index (χ2n) is 3.47. The highest BCUT2D eigenvalue weighted by Gasteiger charge is 2.21. The van der Waals surface area contributed by atoms with Gasteiger partial charge in [-0.2, -0.15) is 0 Å². The Morgan fingerprint density at radius 1 is 1.35 bits per heavy atom. The van der Waals surface area contributed by atoms with Crippen LogP contribution in [0.5, 0.6) is 0 Å². The third-order valence-corrected chi connectivity index (χ3v) is 3.35. The first-order valence-corrected chi connectivity index (χ1v) is 7.26. The Kier molecular flexibility index (Phi) is 6.17. The molecule has 0 fully saturated rings. The van der Waals surface area contributed by atoms with E-state index < -0.39 is 7.82 Å². The van der Waals surface area contributed by atoms with Gasteiger partial charge in [0.05, 0.1) is 18.6 Å². The molecule has 1 rings (SSSR count). The molecule has 0 amide bonds. The van der Waals surface area contributed by atoms with E-state index in [0.717, 1.165) is 5.56 Å². The smallest absolute Gasteiger partial charge is 0.302 e. The number of alkyl halides is 1. The first-order chi connectivity index (χ1) is 8.03. The Labute approximate surface area is 106 Å². The van der Waals surface area contributed by atoms with Gasteiger partial charge in [-0.05, 0) is 18.9 Å². The van der Waals surface area contributed by atoms with E-state index in [2.05, 4.69) is 4.52 Å². The normalized spacial score (nSPS) is 16.4. The van der Waals surface area contributed by atoms with Crippen molar-refractivity contribution >= 4 is 19.4 Å². The lowest BCUT2D eigenvalue weighted by Gasteiger charge is -2.13. The molecule has 0 spiro atoms. The standard InChI is InChI=1S/C11H16ClO4P/c1-2-15-17(13,14)16-9-11(12)8-10-6-4-3-5-7-10/h3-7,11H,2,8-9H2,1H3,(H,13,14). The first kappa shape index (κ1) is 14.7. The van der Waals surface area contributed by atoms with Gasteiger partial charge in [0.15, 0.2) is 0 Å². The number of benzene rings is 1. The Morgan fingerprint density at radius 3 is 2.59 bits per heavy atom. The molecule has 0 aliphatic heterocycles. The Balaban J connectivity index is 2.35. The van der Waals surface area contributed by atoms with Crippen LogP contribution in [0, 0.1) is 0 Å². The summed E-state index contributed by atoms with van der Waals surface area (Å²) >= 11 is 6.01. The Bertz CT molecular complexity index is 371. The summed E-state index contributed by atoms with van der Waals surface area (Å²) in [6.07, 6.45) is 0.578. The summed E-state index contributed by atoms with van der Waals surface area (Å²) < 4.78 is 20.5. The number of hydrogen-bond donors (Lipinski definition) is 1. The molecule has 17 heavy (non-hydrogen) atoms. The van der Waals surface area contributed by atoms with Crippen LogP contribution >= 0.6 is 19.4 Å². The van der Waals surface area contributed by atoms with Gasteiger partial charge in [-0.1, -0.05) is 30.3 Å². The summed E-state index contributed by atoms with van der Waals surface area (Å²) in [7, 11) is -3.94. The van der Waals surface area contributed by atoms with Crippen LogP contribution in [0.2, 0.25) is 0 Å². The number of phosphoric acid groups is 1. The van der Waals surface area contributed by atoms with Crippen molar-refractivity contribution in [2.75, 3.05) is 13.2 Å². The van der Waals surface area contributed by atoms with Crippen LogP contribution in [0.4, 0.5) is 0 Å². The number of halogens is 1. The van der Waals surface area contributed by atoms with Crippen LogP contribution in [0.3, 0.4) is 0 Å². The fourth-order valence-electron chi connectivity index (χ4n) is 1.30. The zero-order valence-electron chi connectivity index (χ0n) is 9.58. The summed E-state index contributed by atoms with van der Waals surface area (Å²) in [5, 5.41) is -0.363. The van der Waals surface area contributed by atoms with E-state index in [0.29, 0.717) is 6.42 Å². The fraction of sp³-hybridized carbons (Fsp3) is 0.455. The van der Waals surface area contributed by atoms with Crippen LogP contribution in [-0.2, 0) is 20.0 Å². The van der Waals surface area contributed by atoms with Gasteiger partial charge < -0.3 is 4.89 Å². The molecule has 0 aromatic heterocycles. The number of rotatable bonds is 7. The molecule has 0 heterocycles. The van der Waals surface area contributed by atoms with Gasteiger partial charge in [-0.3, -0.25) is 9.05 Å². The zero-order chi connectivity index (χ0) is 12.7. The topological polar surface area (TPSA) is 55.8 Å². The van der Waals surface area contributed by atoms with Crippen molar-refractivity contribution < 1.29 is 18.5 Å². The van der Waals surface area contributed by atoms with Gasteiger partial charge in [0.1, 0.15) is 0 Å². The maximum Gasteiger partial charge on any atom is 0.472 e. The molecular formula is C11H16ClO4P. The molecule has 0 radical (unpaired) electrons. The molecule has 0 aliphatic carbocycles. The molecule has 1 aromatic rings. The second kappa shape index (κ2) is 7.14. The summed E-state index contributed by atoms with van der Waals surface area (Å²) in [6, 6.07) is 9.63. The SMILES string of the molecule is CCOP(=O)(O)OCC(Cl)Cc1ccccc1. The van der Waals surface area contributed by atoms with Crippen molar-refractivity contribution in [3.05, 3.63) is 35.9 Å². The van der Waals surface area contributed by atoms with Crippen LogP contribution in [0.1, 0.15) is 12.5 Å². The van der Waals surface area contributed by atoms with Gasteiger partial charge in [0.2, 0.25) is 0 Å². The van der Waals surface area contributed by atoms with Crippen molar-refractivity contribution in [3.8, 4) is 0 Å². The monoisotopic (exact) mass is 278 g/mol. The summed E-state index contributed by atoms with van der Waals surface area (Å²) in [5.41, 5.74) is 1.06. The van der Waals surface area contributed by atoms with Gasteiger partial charge in [-0.25, -0.2) is 4.57 Å². The molecule has 2 atom stereocenters. The second-order valence-corrected chi connectivity index (χ2v) is 5.54. The van der Waals surface area contributed by atoms with Crippen LogP contribution in [0.15, 0.2) is 30.3 Å². The third-order valence-electron chi connectivity index (χ3n) is 2.01. The number of phosphoric ester groups is 1.